The third kappa shape index (κ3) is 3.05. The van der Waals surface area contributed by atoms with E-state index in [4.69, 9.17) is 9.47 Å². The first-order valence-electron chi connectivity index (χ1n) is 8.74. The molecule has 3 aromatic carbocycles. The van der Waals surface area contributed by atoms with Crippen LogP contribution in [0.3, 0.4) is 0 Å². The summed E-state index contributed by atoms with van der Waals surface area (Å²) in [6, 6.07) is 20.4. The Labute approximate surface area is 163 Å². The van der Waals surface area contributed by atoms with Crippen molar-refractivity contribution in [2.24, 2.45) is 0 Å². The van der Waals surface area contributed by atoms with E-state index in [0.29, 0.717) is 16.9 Å². The van der Waals surface area contributed by atoms with Gasteiger partial charge < -0.3 is 9.47 Å². The summed E-state index contributed by atoms with van der Waals surface area (Å²) in [6.07, 6.45) is 0. The summed E-state index contributed by atoms with van der Waals surface area (Å²) in [7, 11) is -2.50. The Morgan fingerprint density at radius 2 is 1.68 bits per heavy atom. The van der Waals surface area contributed by atoms with Crippen molar-refractivity contribution in [1.82, 2.24) is 0 Å². The zero-order chi connectivity index (χ0) is 19.7. The number of carbonyl (C=O) groups is 1. The fourth-order valence-electron chi connectivity index (χ4n) is 3.45. The predicted octanol–water partition coefficient (Wildman–Crippen LogP) is 3.93. The van der Waals surface area contributed by atoms with Gasteiger partial charge in [0, 0.05) is 5.56 Å². The normalized spacial score (nSPS) is 15.5. The van der Waals surface area contributed by atoms with Gasteiger partial charge in [0.15, 0.2) is 9.84 Å². The highest BCUT2D eigenvalue weighted by molar-refractivity contribution is 7.92. The van der Waals surface area contributed by atoms with Crippen LogP contribution in [0.1, 0.15) is 32.3 Å². The number of rotatable bonds is 3. The topological polar surface area (TPSA) is 69.7 Å². The molecule has 0 saturated heterocycles. The lowest BCUT2D eigenvalue weighted by Gasteiger charge is -2.20. The second-order valence-corrected chi connectivity index (χ2v) is 8.50. The standard InChI is InChI=1S/C22H18O5S/c1-26-22(23)15-11-12-20-19(13-15)21(18-10-6-5-7-16(18)14-27-20)28(24,25)17-8-3-2-4-9-17/h2-13,21H,14H2,1H3. The van der Waals surface area contributed by atoms with Gasteiger partial charge in [-0.1, -0.05) is 42.5 Å². The van der Waals surface area contributed by atoms with Crippen LogP contribution in [-0.2, 0) is 21.2 Å². The van der Waals surface area contributed by atoms with Gasteiger partial charge in [-0.25, -0.2) is 13.2 Å². The van der Waals surface area contributed by atoms with Crippen molar-refractivity contribution < 1.29 is 22.7 Å². The van der Waals surface area contributed by atoms with Gasteiger partial charge in [0.2, 0.25) is 0 Å². The van der Waals surface area contributed by atoms with E-state index in [2.05, 4.69) is 0 Å². The Morgan fingerprint density at radius 3 is 2.43 bits per heavy atom. The summed E-state index contributed by atoms with van der Waals surface area (Å²) >= 11 is 0. The molecule has 0 fully saturated rings. The average Bonchev–Trinajstić information content (AvgIpc) is 2.90. The van der Waals surface area contributed by atoms with Crippen molar-refractivity contribution in [3.8, 4) is 5.75 Å². The lowest BCUT2D eigenvalue weighted by atomic mass is 9.98. The Kier molecular flexibility index (Phi) is 4.65. The summed E-state index contributed by atoms with van der Waals surface area (Å²) in [6.45, 7) is 0.252. The summed E-state index contributed by atoms with van der Waals surface area (Å²) in [5, 5.41) is -0.992. The molecule has 142 valence electrons. The zero-order valence-corrected chi connectivity index (χ0v) is 16.0. The van der Waals surface area contributed by atoms with Gasteiger partial charge in [-0.3, -0.25) is 0 Å². The number of sulfone groups is 1. The Balaban J connectivity index is 2.00. The number of hydrogen-bond donors (Lipinski definition) is 0. The van der Waals surface area contributed by atoms with Crippen LogP contribution in [-0.4, -0.2) is 21.5 Å². The molecule has 0 amide bonds. The first-order chi connectivity index (χ1) is 13.5. The third-order valence-electron chi connectivity index (χ3n) is 4.82. The van der Waals surface area contributed by atoms with Crippen LogP contribution in [0.4, 0.5) is 0 Å². The molecule has 4 rings (SSSR count). The van der Waals surface area contributed by atoms with Crippen LogP contribution in [0.15, 0.2) is 77.7 Å². The van der Waals surface area contributed by atoms with Gasteiger partial charge in [-0.15, -0.1) is 0 Å². The molecule has 3 aromatic rings. The molecule has 6 heteroatoms. The minimum Gasteiger partial charge on any atom is -0.489 e. The zero-order valence-electron chi connectivity index (χ0n) is 15.2. The number of hydrogen-bond acceptors (Lipinski definition) is 5. The molecule has 0 aliphatic carbocycles. The van der Waals surface area contributed by atoms with Gasteiger partial charge in [-0.05, 0) is 41.5 Å². The van der Waals surface area contributed by atoms with E-state index >= 15 is 0 Å². The highest BCUT2D eigenvalue weighted by Crippen LogP contribution is 2.43. The number of esters is 1. The average molecular weight is 394 g/mol. The molecule has 1 atom stereocenters. The lowest BCUT2D eigenvalue weighted by molar-refractivity contribution is 0.0600. The molecule has 0 saturated carbocycles. The van der Waals surface area contributed by atoms with Crippen LogP contribution in [0, 0.1) is 0 Å². The van der Waals surface area contributed by atoms with Crippen LogP contribution >= 0.6 is 0 Å². The first-order valence-corrected chi connectivity index (χ1v) is 10.3. The number of ether oxygens (including phenoxy) is 2. The molecule has 1 aliphatic rings. The largest absolute Gasteiger partial charge is 0.489 e. The van der Waals surface area contributed by atoms with E-state index < -0.39 is 21.1 Å². The summed E-state index contributed by atoms with van der Waals surface area (Å²) < 4.78 is 38.0. The molecule has 0 aromatic heterocycles. The maximum Gasteiger partial charge on any atom is 0.337 e. The van der Waals surface area contributed by atoms with Crippen molar-refractivity contribution in [3.63, 3.8) is 0 Å². The quantitative estimate of drug-likeness (QED) is 0.630. The minimum atomic E-state index is -3.79. The van der Waals surface area contributed by atoms with E-state index in [1.54, 1.807) is 54.6 Å². The molecule has 28 heavy (non-hydrogen) atoms. The van der Waals surface area contributed by atoms with Crippen LogP contribution in [0.5, 0.6) is 5.75 Å². The molecular formula is C22H18O5S. The van der Waals surface area contributed by atoms with Crippen molar-refractivity contribution in [3.05, 3.63) is 95.1 Å². The third-order valence-corrected chi connectivity index (χ3v) is 6.87. The van der Waals surface area contributed by atoms with Gasteiger partial charge in [-0.2, -0.15) is 0 Å². The Morgan fingerprint density at radius 1 is 0.964 bits per heavy atom. The lowest BCUT2D eigenvalue weighted by Crippen LogP contribution is -2.16. The molecule has 5 nitrogen and oxygen atoms in total. The molecule has 1 aliphatic heterocycles. The molecular weight excluding hydrogens is 376 g/mol. The predicted molar refractivity (Wildman–Crippen MR) is 104 cm³/mol. The Bertz CT molecular complexity index is 1140. The first kappa shape index (κ1) is 18.3. The highest BCUT2D eigenvalue weighted by atomic mass is 32.2. The molecule has 1 unspecified atom stereocenters. The monoisotopic (exact) mass is 394 g/mol. The van der Waals surface area contributed by atoms with E-state index in [1.165, 1.54) is 7.11 Å². The van der Waals surface area contributed by atoms with E-state index in [9.17, 15) is 13.2 Å². The van der Waals surface area contributed by atoms with Gasteiger partial charge >= 0.3 is 5.97 Å². The van der Waals surface area contributed by atoms with Gasteiger partial charge in [0.05, 0.1) is 17.6 Å². The minimum absolute atomic E-state index is 0.214. The van der Waals surface area contributed by atoms with Crippen molar-refractivity contribution >= 4 is 15.8 Å². The van der Waals surface area contributed by atoms with E-state index in [-0.39, 0.29) is 17.1 Å². The van der Waals surface area contributed by atoms with Crippen LogP contribution in [0.25, 0.3) is 0 Å². The van der Waals surface area contributed by atoms with Crippen molar-refractivity contribution in [2.45, 2.75) is 16.8 Å². The molecule has 0 radical (unpaired) electrons. The molecule has 1 heterocycles. The highest BCUT2D eigenvalue weighted by Gasteiger charge is 2.36. The maximum atomic E-state index is 13.6. The SMILES string of the molecule is COC(=O)c1ccc2c(c1)C(S(=O)(=O)c1ccccc1)c1ccccc1CO2. The smallest absolute Gasteiger partial charge is 0.337 e. The number of fused-ring (bicyclic) bond motifs is 2. The van der Waals surface area contributed by atoms with Crippen LogP contribution in [0.2, 0.25) is 0 Å². The van der Waals surface area contributed by atoms with E-state index in [0.717, 1.165) is 5.56 Å². The van der Waals surface area contributed by atoms with Crippen molar-refractivity contribution in [1.29, 1.82) is 0 Å². The summed E-state index contributed by atoms with van der Waals surface area (Å²) in [4.78, 5) is 12.3. The molecule has 0 N–H and O–H groups in total. The fourth-order valence-corrected chi connectivity index (χ4v) is 5.35. The number of benzene rings is 3. The summed E-state index contributed by atoms with van der Waals surface area (Å²) in [5.41, 5.74) is 2.14. The number of methoxy groups -OCH3 is 1. The van der Waals surface area contributed by atoms with Gasteiger partial charge in [0.25, 0.3) is 0 Å². The maximum absolute atomic E-state index is 13.6. The summed E-state index contributed by atoms with van der Waals surface area (Å²) in [5.74, 6) is -0.0930. The second-order valence-electron chi connectivity index (χ2n) is 6.47. The number of carbonyl (C=O) groups excluding carboxylic acids is 1. The van der Waals surface area contributed by atoms with Crippen LogP contribution < -0.4 is 4.74 Å². The van der Waals surface area contributed by atoms with Gasteiger partial charge in [0.1, 0.15) is 17.6 Å². The Hall–Kier alpha value is -3.12. The second kappa shape index (κ2) is 7.13. The molecule has 0 bridgehead atoms. The van der Waals surface area contributed by atoms with Crippen molar-refractivity contribution in [2.75, 3.05) is 7.11 Å². The molecule has 0 spiro atoms. The fraction of sp³-hybridized carbons (Fsp3) is 0.136. The van der Waals surface area contributed by atoms with E-state index in [1.807, 2.05) is 18.2 Å².